The highest BCUT2D eigenvalue weighted by Crippen LogP contribution is 2.27. The number of nitrogens with one attached hydrogen (secondary N) is 1. The first-order valence-electron chi connectivity index (χ1n) is 8.88. The van der Waals surface area contributed by atoms with Gasteiger partial charge in [0.1, 0.15) is 5.60 Å². The number of hydrogen-bond donors (Lipinski definition) is 2. The number of piperazine rings is 1. The van der Waals surface area contributed by atoms with Gasteiger partial charge in [0.25, 0.3) is 0 Å². The highest BCUT2D eigenvalue weighted by Gasteiger charge is 2.25. The van der Waals surface area contributed by atoms with Gasteiger partial charge in [0.2, 0.25) is 5.95 Å². The van der Waals surface area contributed by atoms with E-state index in [0.717, 1.165) is 43.3 Å². The Kier molecular flexibility index (Phi) is 6.09. The molecule has 0 radical (unpaired) electrons. The number of nitrogens with zero attached hydrogens (tertiary/aromatic N) is 4. The van der Waals surface area contributed by atoms with Gasteiger partial charge >= 0.3 is 0 Å². The topological polar surface area (TPSA) is 64.5 Å². The van der Waals surface area contributed by atoms with Gasteiger partial charge in [0.05, 0.1) is 0 Å². The van der Waals surface area contributed by atoms with Crippen LogP contribution in [0.2, 0.25) is 5.02 Å². The van der Waals surface area contributed by atoms with Gasteiger partial charge < -0.3 is 20.2 Å². The predicted molar refractivity (Wildman–Crippen MR) is 104 cm³/mol. The molecule has 3 rings (SSSR count). The van der Waals surface area contributed by atoms with Crippen molar-refractivity contribution in [1.82, 2.24) is 20.2 Å². The van der Waals surface area contributed by atoms with E-state index in [1.54, 1.807) is 13.0 Å². The minimum atomic E-state index is -1.04. The van der Waals surface area contributed by atoms with Crippen LogP contribution in [0.3, 0.4) is 0 Å². The summed E-state index contributed by atoms with van der Waals surface area (Å²) in [5.41, 5.74) is 0.660. The third-order valence-electron chi connectivity index (χ3n) is 4.73. The molecule has 1 aromatic heterocycles. The Bertz CT molecular complexity index is 714. The maximum atomic E-state index is 10.7. The van der Waals surface area contributed by atoms with Crippen LogP contribution in [0.15, 0.2) is 36.7 Å². The minimum absolute atomic E-state index is 0.386. The number of anilines is 1. The third-order valence-corrected chi connectivity index (χ3v) is 5.06. The zero-order valence-electron chi connectivity index (χ0n) is 15.3. The van der Waals surface area contributed by atoms with Crippen LogP contribution in [0.25, 0.3) is 0 Å². The van der Waals surface area contributed by atoms with Crippen molar-refractivity contribution in [2.45, 2.75) is 19.1 Å². The van der Waals surface area contributed by atoms with Crippen molar-refractivity contribution in [2.75, 3.05) is 44.7 Å². The summed E-state index contributed by atoms with van der Waals surface area (Å²) in [4.78, 5) is 13.5. The van der Waals surface area contributed by atoms with E-state index in [4.69, 9.17) is 11.6 Å². The molecule has 2 N–H and O–H groups in total. The largest absolute Gasteiger partial charge is 0.384 e. The number of aliphatic hydroxyl groups is 1. The molecule has 2 heterocycles. The van der Waals surface area contributed by atoms with E-state index in [1.807, 2.05) is 30.6 Å². The minimum Gasteiger partial charge on any atom is -0.384 e. The van der Waals surface area contributed by atoms with Gasteiger partial charge in [-0.3, -0.25) is 0 Å². The first kappa shape index (κ1) is 19.0. The Morgan fingerprint density at radius 2 is 1.81 bits per heavy atom. The molecule has 0 spiro atoms. The van der Waals surface area contributed by atoms with Crippen molar-refractivity contribution < 1.29 is 5.11 Å². The molecule has 1 fully saturated rings. The second-order valence-electron chi connectivity index (χ2n) is 7.04. The molecule has 1 atom stereocenters. The van der Waals surface area contributed by atoms with Crippen LogP contribution in [0.4, 0.5) is 5.95 Å². The number of likely N-dealkylation sites (N-methyl/N-ethyl adjacent to an activating group) is 1. The van der Waals surface area contributed by atoms with Gasteiger partial charge in [-0.2, -0.15) is 0 Å². The molecule has 0 bridgehead atoms. The highest BCUT2D eigenvalue weighted by molar-refractivity contribution is 6.31. The lowest BCUT2D eigenvalue weighted by Gasteiger charge is -2.32. The summed E-state index contributed by atoms with van der Waals surface area (Å²) in [6.45, 7) is 6.70. The Hall–Kier alpha value is -1.73. The van der Waals surface area contributed by atoms with Crippen LogP contribution < -0.4 is 10.2 Å². The Morgan fingerprint density at radius 3 is 2.46 bits per heavy atom. The van der Waals surface area contributed by atoms with E-state index >= 15 is 0 Å². The second kappa shape index (κ2) is 8.31. The van der Waals surface area contributed by atoms with Gasteiger partial charge in [-0.1, -0.05) is 29.8 Å². The van der Waals surface area contributed by atoms with Crippen LogP contribution in [-0.2, 0) is 12.1 Å². The van der Waals surface area contributed by atoms with Crippen molar-refractivity contribution >= 4 is 17.5 Å². The Morgan fingerprint density at radius 1 is 1.15 bits per heavy atom. The fourth-order valence-corrected chi connectivity index (χ4v) is 3.39. The van der Waals surface area contributed by atoms with Crippen LogP contribution in [0.5, 0.6) is 0 Å². The summed E-state index contributed by atoms with van der Waals surface area (Å²) in [6, 6.07) is 7.36. The zero-order chi connectivity index (χ0) is 18.6. The molecule has 0 aliphatic carbocycles. The van der Waals surface area contributed by atoms with Crippen LogP contribution in [0, 0.1) is 0 Å². The number of rotatable bonds is 6. The fourth-order valence-electron chi connectivity index (χ4n) is 3.05. The maximum Gasteiger partial charge on any atom is 0.225 e. The van der Waals surface area contributed by atoms with Gasteiger partial charge in [-0.15, -0.1) is 0 Å². The molecule has 0 amide bonds. The smallest absolute Gasteiger partial charge is 0.225 e. The molecule has 1 aliphatic heterocycles. The van der Waals surface area contributed by atoms with Crippen molar-refractivity contribution in [3.8, 4) is 0 Å². The first-order valence-corrected chi connectivity index (χ1v) is 9.26. The van der Waals surface area contributed by atoms with Crippen molar-refractivity contribution in [1.29, 1.82) is 0 Å². The van der Waals surface area contributed by atoms with E-state index in [-0.39, 0.29) is 0 Å². The highest BCUT2D eigenvalue weighted by atomic mass is 35.5. The average molecular weight is 376 g/mol. The molecule has 1 aliphatic rings. The van der Waals surface area contributed by atoms with Crippen molar-refractivity contribution in [3.05, 3.63) is 52.8 Å². The summed E-state index contributed by atoms with van der Waals surface area (Å²) < 4.78 is 0. The van der Waals surface area contributed by atoms with Crippen LogP contribution in [-0.4, -0.2) is 59.7 Å². The number of aromatic nitrogens is 2. The van der Waals surface area contributed by atoms with E-state index in [9.17, 15) is 5.11 Å². The van der Waals surface area contributed by atoms with Gasteiger partial charge in [-0.25, -0.2) is 9.97 Å². The molecule has 2 aromatic rings. The summed E-state index contributed by atoms with van der Waals surface area (Å²) in [5.74, 6) is 0.782. The molecular weight excluding hydrogens is 350 g/mol. The Labute approximate surface area is 159 Å². The lowest BCUT2D eigenvalue weighted by atomic mass is 9.96. The van der Waals surface area contributed by atoms with Crippen molar-refractivity contribution in [3.63, 3.8) is 0 Å². The molecule has 26 heavy (non-hydrogen) atoms. The molecule has 1 unspecified atom stereocenters. The summed E-state index contributed by atoms with van der Waals surface area (Å²) >= 11 is 6.19. The fraction of sp³-hybridized carbons (Fsp3) is 0.474. The zero-order valence-corrected chi connectivity index (χ0v) is 16.1. The van der Waals surface area contributed by atoms with E-state index < -0.39 is 5.60 Å². The monoisotopic (exact) mass is 375 g/mol. The molecule has 7 heteroatoms. The second-order valence-corrected chi connectivity index (χ2v) is 7.45. The molecule has 0 saturated carbocycles. The van der Waals surface area contributed by atoms with E-state index in [0.29, 0.717) is 18.1 Å². The quantitative estimate of drug-likeness (QED) is 0.803. The lowest BCUT2D eigenvalue weighted by molar-refractivity contribution is 0.0567. The molecule has 1 aromatic carbocycles. The van der Waals surface area contributed by atoms with Gasteiger partial charge in [-0.05, 0) is 20.0 Å². The molecule has 6 nitrogen and oxygen atoms in total. The first-order chi connectivity index (χ1) is 12.5. The standard InChI is InChI=1S/C19H26ClN5O/c1-19(26,16-5-3-4-6-17(16)20)14-21-11-15-12-22-18(23-13-15)25-9-7-24(2)8-10-25/h3-6,12-13,21,26H,7-11,14H2,1-2H3. The molecule has 1 saturated heterocycles. The predicted octanol–water partition coefficient (Wildman–Crippen LogP) is 1.88. The van der Waals surface area contributed by atoms with Gasteiger partial charge in [0, 0.05) is 67.8 Å². The van der Waals surface area contributed by atoms with Gasteiger partial charge in [0.15, 0.2) is 0 Å². The maximum absolute atomic E-state index is 10.7. The number of benzene rings is 1. The molecular formula is C19H26ClN5O. The SMILES string of the molecule is CN1CCN(c2ncc(CNCC(C)(O)c3ccccc3Cl)cn2)CC1. The summed E-state index contributed by atoms with van der Waals surface area (Å²) in [5, 5.41) is 14.5. The Balaban J connectivity index is 1.53. The summed E-state index contributed by atoms with van der Waals surface area (Å²) in [6.07, 6.45) is 3.69. The molecule has 140 valence electrons. The van der Waals surface area contributed by atoms with Crippen LogP contribution >= 0.6 is 11.6 Å². The normalized spacial score (nSPS) is 17.9. The third kappa shape index (κ3) is 4.71. The number of halogens is 1. The van der Waals surface area contributed by atoms with E-state index in [2.05, 4.69) is 32.1 Å². The summed E-state index contributed by atoms with van der Waals surface area (Å²) in [7, 11) is 2.13. The van der Waals surface area contributed by atoms with Crippen LogP contribution in [0.1, 0.15) is 18.1 Å². The van der Waals surface area contributed by atoms with Crippen molar-refractivity contribution in [2.24, 2.45) is 0 Å². The number of hydrogen-bond acceptors (Lipinski definition) is 6. The van der Waals surface area contributed by atoms with E-state index in [1.165, 1.54) is 0 Å². The average Bonchev–Trinajstić information content (AvgIpc) is 2.63. The lowest BCUT2D eigenvalue weighted by Crippen LogP contribution is -2.45.